The van der Waals surface area contributed by atoms with E-state index < -0.39 is 0 Å². The van der Waals surface area contributed by atoms with Crippen LogP contribution in [0.15, 0.2) is 65.1 Å². The number of thiocarbonyl (C=S) groups is 1. The van der Waals surface area contributed by atoms with E-state index in [2.05, 4.69) is 41.6 Å². The molecule has 1 aromatic heterocycles. The molecule has 0 saturated carbocycles. The van der Waals surface area contributed by atoms with E-state index in [0.717, 1.165) is 22.4 Å². The Morgan fingerprint density at radius 2 is 1.85 bits per heavy atom. The fraction of sp³-hybridized carbons (Fsp3) is 0.160. The second-order valence-electron chi connectivity index (χ2n) is 7.74. The average molecular weight is 480 g/mol. The van der Waals surface area contributed by atoms with Crippen LogP contribution in [0.4, 0.5) is 5.69 Å². The van der Waals surface area contributed by atoms with Crippen molar-refractivity contribution in [1.29, 1.82) is 0 Å². The Morgan fingerprint density at radius 3 is 2.52 bits per heavy atom. The number of nitrogens with one attached hydrogen (secondary N) is 2. The molecule has 0 bridgehead atoms. The molecular formula is C25H22ClN3O3S. The minimum atomic E-state index is -0.374. The lowest BCUT2D eigenvalue weighted by molar-refractivity contribution is 0.0977. The van der Waals surface area contributed by atoms with E-state index in [-0.39, 0.29) is 11.0 Å². The second-order valence-corrected chi connectivity index (χ2v) is 8.55. The molecule has 0 spiro atoms. The smallest absolute Gasteiger partial charge is 0.257 e. The topological polar surface area (TPSA) is 76.4 Å². The Kier molecular flexibility index (Phi) is 6.62. The number of carbonyl (C=O) groups excluding carboxylic acids is 1. The van der Waals surface area contributed by atoms with Gasteiger partial charge in [0.05, 0.1) is 12.1 Å². The van der Waals surface area contributed by atoms with Crippen molar-refractivity contribution < 1.29 is 13.9 Å². The summed E-state index contributed by atoms with van der Waals surface area (Å²) in [6.07, 6.45) is 0. The van der Waals surface area contributed by atoms with Crippen LogP contribution in [0.2, 0.25) is 5.02 Å². The number of carbonyl (C=O) groups is 1. The number of benzene rings is 3. The maximum atomic E-state index is 12.4. The van der Waals surface area contributed by atoms with E-state index in [9.17, 15) is 4.79 Å². The third-order valence-corrected chi connectivity index (χ3v) is 5.61. The highest BCUT2D eigenvalue weighted by Crippen LogP contribution is 2.28. The molecule has 4 aromatic rings. The number of oxazole rings is 1. The first-order chi connectivity index (χ1) is 15.8. The van der Waals surface area contributed by atoms with E-state index in [4.69, 9.17) is 33.0 Å². The van der Waals surface area contributed by atoms with Crippen molar-refractivity contribution in [2.24, 2.45) is 0 Å². The van der Waals surface area contributed by atoms with Crippen molar-refractivity contribution in [1.82, 2.24) is 10.3 Å². The summed E-state index contributed by atoms with van der Waals surface area (Å²) in [5, 5.41) is 6.15. The lowest BCUT2D eigenvalue weighted by Crippen LogP contribution is -2.34. The summed E-state index contributed by atoms with van der Waals surface area (Å²) < 4.78 is 11.0. The van der Waals surface area contributed by atoms with Crippen LogP contribution in [-0.2, 0) is 0 Å². The highest BCUT2D eigenvalue weighted by Gasteiger charge is 2.12. The standard InChI is InChI=1S/C25H22ClN3O3S/c1-14(2)16-6-11-22-20(13-16)28-24(32-22)15-4-8-18(9-5-15)27-25(33)29-23(30)17-7-10-21(31-3)19(26)12-17/h4-14H,1-3H3,(H2,27,29,30,33). The van der Waals surface area contributed by atoms with Gasteiger partial charge in [0.2, 0.25) is 5.89 Å². The van der Waals surface area contributed by atoms with Crippen molar-refractivity contribution >= 4 is 51.6 Å². The van der Waals surface area contributed by atoms with Crippen molar-refractivity contribution in [3.63, 3.8) is 0 Å². The van der Waals surface area contributed by atoms with Crippen LogP contribution in [0.25, 0.3) is 22.6 Å². The molecular weight excluding hydrogens is 458 g/mol. The lowest BCUT2D eigenvalue weighted by Gasteiger charge is -2.10. The average Bonchev–Trinajstić information content (AvgIpc) is 3.22. The zero-order valence-corrected chi connectivity index (χ0v) is 19.9. The molecule has 0 saturated heterocycles. The van der Waals surface area contributed by atoms with Gasteiger partial charge in [-0.2, -0.15) is 0 Å². The van der Waals surface area contributed by atoms with Crippen LogP contribution in [0, 0.1) is 0 Å². The van der Waals surface area contributed by atoms with Gasteiger partial charge < -0.3 is 14.5 Å². The van der Waals surface area contributed by atoms with E-state index in [1.807, 2.05) is 30.3 Å². The van der Waals surface area contributed by atoms with Crippen molar-refractivity contribution in [3.8, 4) is 17.2 Å². The number of aromatic nitrogens is 1. The van der Waals surface area contributed by atoms with Gasteiger partial charge in [-0.05, 0) is 78.3 Å². The lowest BCUT2D eigenvalue weighted by atomic mass is 10.0. The molecule has 2 N–H and O–H groups in total. The Bertz CT molecular complexity index is 1330. The first-order valence-corrected chi connectivity index (χ1v) is 11.1. The van der Waals surface area contributed by atoms with Gasteiger partial charge in [-0.15, -0.1) is 0 Å². The number of anilines is 1. The monoisotopic (exact) mass is 479 g/mol. The third-order valence-electron chi connectivity index (χ3n) is 5.11. The van der Waals surface area contributed by atoms with Crippen LogP contribution in [-0.4, -0.2) is 23.1 Å². The molecule has 4 rings (SSSR count). The molecule has 0 unspecified atom stereocenters. The maximum absolute atomic E-state index is 12.4. The Balaban J connectivity index is 1.42. The summed E-state index contributed by atoms with van der Waals surface area (Å²) in [5.74, 6) is 1.09. The fourth-order valence-electron chi connectivity index (χ4n) is 3.27. The van der Waals surface area contributed by atoms with Crippen LogP contribution < -0.4 is 15.4 Å². The fourth-order valence-corrected chi connectivity index (χ4v) is 3.74. The largest absolute Gasteiger partial charge is 0.495 e. The summed E-state index contributed by atoms with van der Waals surface area (Å²) in [7, 11) is 1.51. The maximum Gasteiger partial charge on any atom is 0.257 e. The number of methoxy groups -OCH3 is 1. The summed E-state index contributed by atoms with van der Waals surface area (Å²) in [5.41, 5.74) is 4.73. The molecule has 8 heteroatoms. The molecule has 6 nitrogen and oxygen atoms in total. The van der Waals surface area contributed by atoms with Gasteiger partial charge in [-0.25, -0.2) is 4.98 Å². The van der Waals surface area contributed by atoms with Gasteiger partial charge in [0.15, 0.2) is 10.7 Å². The first-order valence-electron chi connectivity index (χ1n) is 10.3. The van der Waals surface area contributed by atoms with Crippen molar-refractivity contribution in [2.45, 2.75) is 19.8 Å². The molecule has 1 heterocycles. The molecule has 3 aromatic carbocycles. The van der Waals surface area contributed by atoms with Gasteiger partial charge in [-0.1, -0.05) is 31.5 Å². The van der Waals surface area contributed by atoms with Crippen LogP contribution in [0.3, 0.4) is 0 Å². The van der Waals surface area contributed by atoms with Gasteiger partial charge in [-0.3, -0.25) is 10.1 Å². The molecule has 33 heavy (non-hydrogen) atoms. The normalized spacial score (nSPS) is 10.9. The van der Waals surface area contributed by atoms with Crippen molar-refractivity contribution in [3.05, 3.63) is 76.8 Å². The zero-order chi connectivity index (χ0) is 23.5. The van der Waals surface area contributed by atoms with Crippen LogP contribution >= 0.6 is 23.8 Å². The SMILES string of the molecule is COc1ccc(C(=O)NC(=S)Nc2ccc(-c3nc4cc(C(C)C)ccc4o3)cc2)cc1Cl. The summed E-state index contributed by atoms with van der Waals surface area (Å²) in [6.45, 7) is 4.29. The van der Waals surface area contributed by atoms with Crippen molar-refractivity contribution in [2.75, 3.05) is 12.4 Å². The Morgan fingerprint density at radius 1 is 1.09 bits per heavy atom. The minimum Gasteiger partial charge on any atom is -0.495 e. The number of halogens is 1. The molecule has 1 amide bonds. The zero-order valence-electron chi connectivity index (χ0n) is 18.3. The van der Waals surface area contributed by atoms with Gasteiger partial charge in [0.25, 0.3) is 5.91 Å². The molecule has 0 aliphatic heterocycles. The van der Waals surface area contributed by atoms with Gasteiger partial charge >= 0.3 is 0 Å². The summed E-state index contributed by atoms with van der Waals surface area (Å²) in [4.78, 5) is 17.0. The number of amides is 1. The number of hydrogen-bond acceptors (Lipinski definition) is 5. The number of hydrogen-bond donors (Lipinski definition) is 2. The number of ether oxygens (including phenoxy) is 1. The number of nitrogens with zero attached hydrogens (tertiary/aromatic N) is 1. The first kappa shape index (κ1) is 22.8. The number of fused-ring (bicyclic) bond motifs is 1. The minimum absolute atomic E-state index is 0.169. The van der Waals surface area contributed by atoms with Crippen LogP contribution in [0.5, 0.6) is 5.75 Å². The van der Waals surface area contributed by atoms with E-state index in [0.29, 0.717) is 28.1 Å². The van der Waals surface area contributed by atoms with E-state index in [1.165, 1.54) is 18.7 Å². The Labute approximate surface area is 201 Å². The van der Waals surface area contributed by atoms with E-state index >= 15 is 0 Å². The number of rotatable bonds is 5. The quantitative estimate of drug-likeness (QED) is 0.322. The Hall–Kier alpha value is -3.42. The molecule has 0 radical (unpaired) electrons. The molecule has 168 valence electrons. The van der Waals surface area contributed by atoms with Gasteiger partial charge in [0, 0.05) is 16.8 Å². The second kappa shape index (κ2) is 9.60. The molecule has 0 aliphatic rings. The molecule has 0 aliphatic carbocycles. The predicted octanol–water partition coefficient (Wildman–Crippen LogP) is 6.41. The van der Waals surface area contributed by atoms with Crippen LogP contribution in [0.1, 0.15) is 35.7 Å². The summed E-state index contributed by atoms with van der Waals surface area (Å²) >= 11 is 11.4. The highest BCUT2D eigenvalue weighted by atomic mass is 35.5. The van der Waals surface area contributed by atoms with E-state index in [1.54, 1.807) is 12.1 Å². The highest BCUT2D eigenvalue weighted by molar-refractivity contribution is 7.80. The third kappa shape index (κ3) is 5.16. The summed E-state index contributed by atoms with van der Waals surface area (Å²) in [6, 6.07) is 18.3. The molecule has 0 atom stereocenters. The predicted molar refractivity (Wildman–Crippen MR) is 135 cm³/mol. The molecule has 0 fully saturated rings. The van der Waals surface area contributed by atoms with Gasteiger partial charge in [0.1, 0.15) is 11.3 Å².